The zero-order valence-electron chi connectivity index (χ0n) is 15.2. The number of carbonyl (C=O) groups excluding carboxylic acids is 1. The molecule has 0 aliphatic heterocycles. The molecule has 4 rings (SSSR count). The number of ether oxygens (including phenoxy) is 1. The molecule has 6 heteroatoms. The Bertz CT molecular complexity index is 922. The van der Waals surface area contributed by atoms with Crippen LogP contribution in [0.4, 0.5) is 0 Å². The second kappa shape index (κ2) is 7.96. The number of Topliss-reactive ketones (excluding diaryl/α,β-unsaturated/α-hetero) is 1. The number of carbonyl (C=O) groups is 1. The van der Waals surface area contributed by atoms with Crippen LogP contribution in [-0.4, -0.2) is 32.4 Å². The zero-order chi connectivity index (χ0) is 18.6. The van der Waals surface area contributed by atoms with E-state index in [-0.39, 0.29) is 5.25 Å². The van der Waals surface area contributed by atoms with Gasteiger partial charge in [-0.05, 0) is 44.0 Å². The molecule has 0 spiro atoms. The Morgan fingerprint density at radius 2 is 1.89 bits per heavy atom. The van der Waals surface area contributed by atoms with Crippen LogP contribution in [0.2, 0.25) is 0 Å². The van der Waals surface area contributed by atoms with Crippen molar-refractivity contribution in [3.8, 4) is 22.8 Å². The van der Waals surface area contributed by atoms with Gasteiger partial charge in [0.25, 0.3) is 0 Å². The minimum Gasteiger partial charge on any atom is -0.494 e. The zero-order valence-corrected chi connectivity index (χ0v) is 16.0. The van der Waals surface area contributed by atoms with Crippen molar-refractivity contribution in [3.05, 3.63) is 54.6 Å². The van der Waals surface area contributed by atoms with Crippen LogP contribution in [0.25, 0.3) is 17.1 Å². The third-order valence-corrected chi connectivity index (χ3v) is 5.83. The van der Waals surface area contributed by atoms with Crippen molar-refractivity contribution in [1.29, 1.82) is 0 Å². The number of nitrogens with zero attached hydrogens (tertiary/aromatic N) is 3. The standard InChI is InChI=1S/C21H21N3O2S/c1-2-26-17-13-11-16(12-14-17)24-20(15-7-4-3-5-8-15)22-23-21(24)27-19-10-6-9-18(19)25/h3-5,7-8,11-14,19H,2,6,9-10H2,1H3/t19-/m0/s1. The summed E-state index contributed by atoms with van der Waals surface area (Å²) in [5, 5.41) is 9.58. The molecule has 1 fully saturated rings. The van der Waals surface area contributed by atoms with E-state index >= 15 is 0 Å². The molecular weight excluding hydrogens is 358 g/mol. The summed E-state index contributed by atoms with van der Waals surface area (Å²) in [6.45, 7) is 2.60. The number of hydrogen-bond donors (Lipinski definition) is 0. The van der Waals surface area contributed by atoms with Crippen LogP contribution in [-0.2, 0) is 4.79 Å². The molecule has 27 heavy (non-hydrogen) atoms. The minimum atomic E-state index is -0.0285. The lowest BCUT2D eigenvalue weighted by molar-refractivity contribution is -0.116. The van der Waals surface area contributed by atoms with Crippen LogP contribution >= 0.6 is 11.8 Å². The van der Waals surface area contributed by atoms with Crippen molar-refractivity contribution in [1.82, 2.24) is 14.8 Å². The van der Waals surface area contributed by atoms with Gasteiger partial charge in [0.2, 0.25) is 0 Å². The molecule has 1 saturated carbocycles. The summed E-state index contributed by atoms with van der Waals surface area (Å²) in [6, 6.07) is 17.9. The Morgan fingerprint density at radius 3 is 2.56 bits per heavy atom. The molecule has 0 N–H and O–H groups in total. The van der Waals surface area contributed by atoms with Gasteiger partial charge in [0.1, 0.15) is 11.5 Å². The Kier molecular flexibility index (Phi) is 5.25. The van der Waals surface area contributed by atoms with Gasteiger partial charge < -0.3 is 4.74 Å². The molecule has 1 aliphatic rings. The maximum absolute atomic E-state index is 12.1. The van der Waals surface area contributed by atoms with Gasteiger partial charge >= 0.3 is 0 Å². The predicted octanol–water partition coefficient (Wildman–Crippen LogP) is 4.55. The molecule has 0 saturated heterocycles. The quantitative estimate of drug-likeness (QED) is 0.629. The first-order valence-corrected chi connectivity index (χ1v) is 10.1. The molecule has 0 unspecified atom stereocenters. The van der Waals surface area contributed by atoms with Crippen LogP contribution in [0.15, 0.2) is 59.8 Å². The highest BCUT2D eigenvalue weighted by molar-refractivity contribution is 8.00. The molecule has 1 heterocycles. The van der Waals surface area contributed by atoms with Crippen LogP contribution in [0, 0.1) is 0 Å². The number of benzene rings is 2. The first-order valence-electron chi connectivity index (χ1n) is 9.19. The van der Waals surface area contributed by atoms with Crippen molar-refractivity contribution < 1.29 is 9.53 Å². The number of aromatic nitrogens is 3. The lowest BCUT2D eigenvalue weighted by Crippen LogP contribution is -2.10. The highest BCUT2D eigenvalue weighted by atomic mass is 32.2. The van der Waals surface area contributed by atoms with Gasteiger partial charge in [-0.15, -0.1) is 10.2 Å². The Hall–Kier alpha value is -2.60. The fraction of sp³-hybridized carbons (Fsp3) is 0.286. The lowest BCUT2D eigenvalue weighted by Gasteiger charge is -2.13. The smallest absolute Gasteiger partial charge is 0.196 e. The van der Waals surface area contributed by atoms with Crippen LogP contribution in [0.3, 0.4) is 0 Å². The van der Waals surface area contributed by atoms with Gasteiger partial charge in [0.15, 0.2) is 11.0 Å². The highest BCUT2D eigenvalue weighted by Gasteiger charge is 2.28. The molecule has 0 radical (unpaired) electrons. The van der Waals surface area contributed by atoms with Gasteiger partial charge in [-0.25, -0.2) is 0 Å². The second-order valence-electron chi connectivity index (χ2n) is 6.40. The lowest BCUT2D eigenvalue weighted by atomic mass is 10.2. The van der Waals surface area contributed by atoms with Gasteiger partial charge in [-0.3, -0.25) is 9.36 Å². The Balaban J connectivity index is 1.75. The van der Waals surface area contributed by atoms with E-state index in [1.807, 2.05) is 66.1 Å². The van der Waals surface area contributed by atoms with E-state index in [4.69, 9.17) is 4.74 Å². The van der Waals surface area contributed by atoms with Crippen LogP contribution in [0.5, 0.6) is 5.75 Å². The van der Waals surface area contributed by atoms with Crippen molar-refractivity contribution in [2.75, 3.05) is 6.61 Å². The predicted molar refractivity (Wildman–Crippen MR) is 106 cm³/mol. The fourth-order valence-electron chi connectivity index (χ4n) is 3.25. The fourth-order valence-corrected chi connectivity index (χ4v) is 4.42. The Morgan fingerprint density at radius 1 is 1.11 bits per heavy atom. The highest BCUT2D eigenvalue weighted by Crippen LogP contribution is 2.35. The summed E-state index contributed by atoms with van der Waals surface area (Å²) in [6.07, 6.45) is 2.53. The van der Waals surface area contributed by atoms with E-state index < -0.39 is 0 Å². The SMILES string of the molecule is CCOc1ccc(-n2c(S[C@H]3CCCC3=O)nnc2-c2ccccc2)cc1. The molecule has 3 aromatic rings. The van der Waals surface area contributed by atoms with Crippen LogP contribution < -0.4 is 4.74 Å². The van der Waals surface area contributed by atoms with Gasteiger partial charge in [0.05, 0.1) is 11.9 Å². The van der Waals surface area contributed by atoms with E-state index in [0.29, 0.717) is 18.8 Å². The molecular formula is C21H21N3O2S. The van der Waals surface area contributed by atoms with Crippen molar-refractivity contribution in [2.45, 2.75) is 36.6 Å². The normalized spacial score (nSPS) is 16.6. The molecule has 5 nitrogen and oxygen atoms in total. The number of ketones is 1. The first-order chi connectivity index (χ1) is 13.3. The summed E-state index contributed by atoms with van der Waals surface area (Å²) in [7, 11) is 0. The van der Waals surface area contributed by atoms with Gasteiger partial charge in [-0.2, -0.15) is 0 Å². The van der Waals surface area contributed by atoms with Gasteiger partial charge in [0, 0.05) is 17.7 Å². The molecule has 1 aliphatic carbocycles. The summed E-state index contributed by atoms with van der Waals surface area (Å²) >= 11 is 1.52. The number of thioether (sulfide) groups is 1. The van der Waals surface area contributed by atoms with E-state index in [0.717, 1.165) is 40.8 Å². The average molecular weight is 379 g/mol. The minimum absolute atomic E-state index is 0.0285. The van der Waals surface area contributed by atoms with E-state index in [1.165, 1.54) is 11.8 Å². The van der Waals surface area contributed by atoms with Crippen LogP contribution in [0.1, 0.15) is 26.2 Å². The van der Waals surface area contributed by atoms with Crippen molar-refractivity contribution >= 4 is 17.5 Å². The topological polar surface area (TPSA) is 57.0 Å². The summed E-state index contributed by atoms with van der Waals surface area (Å²) in [5.41, 5.74) is 1.94. The third-order valence-electron chi connectivity index (χ3n) is 4.57. The van der Waals surface area contributed by atoms with Gasteiger partial charge in [-0.1, -0.05) is 42.1 Å². The molecule has 0 amide bonds. The average Bonchev–Trinajstić information content (AvgIpc) is 3.30. The van der Waals surface area contributed by atoms with E-state index in [9.17, 15) is 4.79 Å². The molecule has 1 aromatic heterocycles. The summed E-state index contributed by atoms with van der Waals surface area (Å²) in [4.78, 5) is 12.1. The molecule has 2 aromatic carbocycles. The van der Waals surface area contributed by atoms with E-state index in [2.05, 4.69) is 10.2 Å². The third kappa shape index (κ3) is 3.76. The molecule has 0 bridgehead atoms. The summed E-state index contributed by atoms with van der Waals surface area (Å²) in [5.74, 6) is 1.91. The maximum atomic E-state index is 12.1. The molecule has 1 atom stereocenters. The monoisotopic (exact) mass is 379 g/mol. The largest absolute Gasteiger partial charge is 0.494 e. The number of hydrogen-bond acceptors (Lipinski definition) is 5. The second-order valence-corrected chi connectivity index (χ2v) is 7.57. The molecule has 138 valence electrons. The first kappa shape index (κ1) is 17.8. The maximum Gasteiger partial charge on any atom is 0.196 e. The summed E-state index contributed by atoms with van der Waals surface area (Å²) < 4.78 is 7.58. The Labute approximate surface area is 162 Å². The van der Waals surface area contributed by atoms with Crippen molar-refractivity contribution in [2.24, 2.45) is 0 Å². The number of rotatable bonds is 6. The van der Waals surface area contributed by atoms with E-state index in [1.54, 1.807) is 0 Å². The van der Waals surface area contributed by atoms with Crippen molar-refractivity contribution in [3.63, 3.8) is 0 Å².